The first-order valence-corrected chi connectivity index (χ1v) is 9.12. The number of nitrogens with zero attached hydrogens (tertiary/aromatic N) is 1. The van der Waals surface area contributed by atoms with Crippen LogP contribution in [-0.2, 0) is 19.1 Å². The average molecular weight is 361 g/mol. The molecule has 1 aliphatic rings. The van der Waals surface area contributed by atoms with Crippen LogP contribution in [0, 0.1) is 0 Å². The number of amides is 3. The van der Waals surface area contributed by atoms with Gasteiger partial charge in [-0.15, -0.1) is 0 Å². The lowest BCUT2D eigenvalue weighted by molar-refractivity contribution is -0.140. The van der Waals surface area contributed by atoms with Crippen LogP contribution in [0.25, 0.3) is 0 Å². The monoisotopic (exact) mass is 361 g/mol. The van der Waals surface area contributed by atoms with E-state index in [1.165, 1.54) is 0 Å². The Morgan fingerprint density at radius 2 is 1.81 bits per heavy atom. The van der Waals surface area contributed by atoms with Gasteiger partial charge in [0.15, 0.2) is 0 Å². The molecule has 142 valence electrons. The molecule has 1 aromatic carbocycles. The molecule has 26 heavy (non-hydrogen) atoms. The molecule has 7 heteroatoms. The predicted molar refractivity (Wildman–Crippen MR) is 97.3 cm³/mol. The quantitative estimate of drug-likeness (QED) is 0.560. The van der Waals surface area contributed by atoms with E-state index in [9.17, 15) is 14.4 Å². The van der Waals surface area contributed by atoms with Gasteiger partial charge in [-0.3, -0.25) is 14.4 Å². The van der Waals surface area contributed by atoms with Gasteiger partial charge in [-0.25, -0.2) is 0 Å². The summed E-state index contributed by atoms with van der Waals surface area (Å²) in [4.78, 5) is 37.2. The van der Waals surface area contributed by atoms with Gasteiger partial charge in [0.2, 0.25) is 5.91 Å². The van der Waals surface area contributed by atoms with E-state index >= 15 is 0 Å². The topological polar surface area (TPSA) is 87.7 Å². The molecule has 1 unspecified atom stereocenters. The molecule has 1 aromatic rings. The highest BCUT2D eigenvalue weighted by molar-refractivity contribution is 6.35. The van der Waals surface area contributed by atoms with Crippen molar-refractivity contribution in [2.24, 2.45) is 0 Å². The fraction of sp³-hybridized carbons (Fsp3) is 0.526. The van der Waals surface area contributed by atoms with Gasteiger partial charge < -0.3 is 20.3 Å². The molecule has 0 saturated carbocycles. The lowest BCUT2D eigenvalue weighted by Gasteiger charge is -2.33. The van der Waals surface area contributed by atoms with E-state index in [4.69, 9.17) is 4.74 Å². The molecule has 0 radical (unpaired) electrons. The van der Waals surface area contributed by atoms with E-state index in [1.807, 2.05) is 37.3 Å². The molecule has 2 rings (SSSR count). The largest absolute Gasteiger partial charge is 0.370 e. The highest BCUT2D eigenvalue weighted by atomic mass is 16.5. The molecular weight excluding hydrogens is 334 g/mol. The van der Waals surface area contributed by atoms with E-state index in [2.05, 4.69) is 10.6 Å². The van der Waals surface area contributed by atoms with Gasteiger partial charge in [0, 0.05) is 26.1 Å². The fourth-order valence-corrected chi connectivity index (χ4v) is 2.74. The lowest BCUT2D eigenvalue weighted by Crippen LogP contribution is -2.43. The van der Waals surface area contributed by atoms with Crippen LogP contribution in [0.15, 0.2) is 30.3 Å². The Hall–Kier alpha value is -2.41. The van der Waals surface area contributed by atoms with Crippen LogP contribution in [-0.4, -0.2) is 55.4 Å². The Balaban J connectivity index is 1.69. The van der Waals surface area contributed by atoms with Gasteiger partial charge in [-0.2, -0.15) is 0 Å². The van der Waals surface area contributed by atoms with Gasteiger partial charge in [0.25, 0.3) is 0 Å². The number of hydrogen-bond donors (Lipinski definition) is 2. The van der Waals surface area contributed by atoms with Gasteiger partial charge in [-0.05, 0) is 18.4 Å². The van der Waals surface area contributed by atoms with Crippen LogP contribution in [0.5, 0.6) is 0 Å². The number of carbonyl (C=O) groups is 3. The highest BCUT2D eigenvalue weighted by Crippen LogP contribution is 2.22. The maximum Gasteiger partial charge on any atom is 0.309 e. The molecule has 0 spiro atoms. The Morgan fingerprint density at radius 3 is 2.50 bits per heavy atom. The van der Waals surface area contributed by atoms with E-state index in [1.54, 1.807) is 4.90 Å². The summed E-state index contributed by atoms with van der Waals surface area (Å²) in [5.74, 6) is -1.24. The number of carbonyl (C=O) groups excluding carboxylic acids is 3. The molecule has 2 N–H and O–H groups in total. The first-order valence-electron chi connectivity index (χ1n) is 9.12. The molecule has 0 aliphatic carbocycles. The SMILES string of the molecule is CCCNC(=O)C(=O)NCCCC(=O)N1CCOC(c2ccccc2)C1. The van der Waals surface area contributed by atoms with Gasteiger partial charge in [0.05, 0.1) is 13.2 Å². The second kappa shape index (κ2) is 10.6. The van der Waals surface area contributed by atoms with Crippen molar-refractivity contribution in [3.8, 4) is 0 Å². The lowest BCUT2D eigenvalue weighted by atomic mass is 10.1. The molecule has 0 bridgehead atoms. The minimum absolute atomic E-state index is 0.0407. The number of hydrogen-bond acceptors (Lipinski definition) is 4. The Bertz CT molecular complexity index is 606. The summed E-state index contributed by atoms with van der Waals surface area (Å²) in [5.41, 5.74) is 1.07. The average Bonchev–Trinajstić information content (AvgIpc) is 2.69. The zero-order valence-electron chi connectivity index (χ0n) is 15.2. The third-order valence-electron chi connectivity index (χ3n) is 4.19. The standard InChI is InChI=1S/C19H27N3O4/c1-2-10-20-18(24)19(25)21-11-6-9-17(23)22-12-13-26-16(14-22)15-7-4-3-5-8-15/h3-5,7-8,16H,2,6,9-14H2,1H3,(H,20,24)(H,21,25). The molecule has 1 saturated heterocycles. The zero-order chi connectivity index (χ0) is 18.8. The molecule has 7 nitrogen and oxygen atoms in total. The van der Waals surface area contributed by atoms with Crippen molar-refractivity contribution in [3.05, 3.63) is 35.9 Å². The zero-order valence-corrected chi connectivity index (χ0v) is 15.2. The highest BCUT2D eigenvalue weighted by Gasteiger charge is 2.25. The van der Waals surface area contributed by atoms with Crippen LogP contribution in [0.2, 0.25) is 0 Å². The van der Waals surface area contributed by atoms with Gasteiger partial charge >= 0.3 is 11.8 Å². The Morgan fingerprint density at radius 1 is 1.12 bits per heavy atom. The van der Waals surface area contributed by atoms with Crippen molar-refractivity contribution in [1.82, 2.24) is 15.5 Å². The smallest absolute Gasteiger partial charge is 0.309 e. The second-order valence-corrected chi connectivity index (χ2v) is 6.23. The van der Waals surface area contributed by atoms with Crippen LogP contribution < -0.4 is 10.6 Å². The molecule has 0 aromatic heterocycles. The number of rotatable bonds is 7. The maximum atomic E-state index is 12.4. The first kappa shape index (κ1) is 19.9. The van der Waals surface area contributed by atoms with Crippen molar-refractivity contribution in [2.75, 3.05) is 32.8 Å². The van der Waals surface area contributed by atoms with Crippen molar-refractivity contribution in [2.45, 2.75) is 32.3 Å². The van der Waals surface area contributed by atoms with Crippen molar-refractivity contribution < 1.29 is 19.1 Å². The van der Waals surface area contributed by atoms with Crippen LogP contribution >= 0.6 is 0 Å². The van der Waals surface area contributed by atoms with Crippen molar-refractivity contribution >= 4 is 17.7 Å². The summed E-state index contributed by atoms with van der Waals surface area (Å²) in [7, 11) is 0. The van der Waals surface area contributed by atoms with E-state index in [0.717, 1.165) is 12.0 Å². The third-order valence-corrected chi connectivity index (χ3v) is 4.19. The molecular formula is C19H27N3O4. The van der Waals surface area contributed by atoms with Crippen LogP contribution in [0.1, 0.15) is 37.9 Å². The minimum atomic E-state index is -0.651. The van der Waals surface area contributed by atoms with E-state index in [-0.39, 0.29) is 12.0 Å². The summed E-state index contributed by atoms with van der Waals surface area (Å²) in [6.07, 6.45) is 1.50. The fourth-order valence-electron chi connectivity index (χ4n) is 2.74. The van der Waals surface area contributed by atoms with E-state index < -0.39 is 11.8 Å². The number of benzene rings is 1. The molecule has 1 atom stereocenters. The maximum absolute atomic E-state index is 12.4. The first-order chi connectivity index (χ1) is 12.6. The Labute approximate surface area is 154 Å². The summed E-state index contributed by atoms with van der Waals surface area (Å²) in [6.45, 7) is 4.32. The molecule has 1 fully saturated rings. The van der Waals surface area contributed by atoms with Crippen molar-refractivity contribution in [3.63, 3.8) is 0 Å². The summed E-state index contributed by atoms with van der Waals surface area (Å²) < 4.78 is 5.76. The van der Waals surface area contributed by atoms with Crippen molar-refractivity contribution in [1.29, 1.82) is 0 Å². The second-order valence-electron chi connectivity index (χ2n) is 6.23. The Kier molecular flexibility index (Phi) is 8.08. The number of ether oxygens (including phenoxy) is 1. The molecule has 1 aliphatic heterocycles. The normalized spacial score (nSPS) is 16.8. The van der Waals surface area contributed by atoms with Gasteiger partial charge in [0.1, 0.15) is 6.10 Å². The number of nitrogens with one attached hydrogen (secondary N) is 2. The molecule has 1 heterocycles. The minimum Gasteiger partial charge on any atom is -0.370 e. The van der Waals surface area contributed by atoms with Crippen LogP contribution in [0.4, 0.5) is 0 Å². The third kappa shape index (κ3) is 6.15. The summed E-state index contributed by atoms with van der Waals surface area (Å²) in [6, 6.07) is 9.86. The predicted octanol–water partition coefficient (Wildman–Crippen LogP) is 1.01. The number of morpholine rings is 1. The van der Waals surface area contributed by atoms with Crippen LogP contribution in [0.3, 0.4) is 0 Å². The van der Waals surface area contributed by atoms with Gasteiger partial charge in [-0.1, -0.05) is 37.3 Å². The summed E-state index contributed by atoms with van der Waals surface area (Å²) in [5, 5.41) is 5.05. The molecule has 3 amide bonds. The van der Waals surface area contributed by atoms with E-state index in [0.29, 0.717) is 45.6 Å². The summed E-state index contributed by atoms with van der Waals surface area (Å²) >= 11 is 0.